The Morgan fingerprint density at radius 1 is 1.24 bits per heavy atom. The van der Waals surface area contributed by atoms with Crippen molar-refractivity contribution < 1.29 is 19.1 Å². The second-order valence-corrected chi connectivity index (χ2v) is 6.79. The normalized spacial score (nSPS) is 26.0. The lowest BCUT2D eigenvalue weighted by Gasteiger charge is -2.37. The molecular weight excluding hydrogens is 322 g/mol. The van der Waals surface area contributed by atoms with Crippen LogP contribution in [0.3, 0.4) is 0 Å². The molecule has 1 aromatic rings. The molecule has 0 spiro atoms. The highest BCUT2D eigenvalue weighted by Gasteiger charge is 2.47. The molecule has 0 aromatic heterocycles. The van der Waals surface area contributed by atoms with Crippen LogP contribution in [-0.2, 0) is 14.3 Å². The molecule has 0 aliphatic carbocycles. The average Bonchev–Trinajstić information content (AvgIpc) is 2.93. The molecule has 7 heteroatoms. The summed E-state index contributed by atoms with van der Waals surface area (Å²) in [6.45, 7) is 1.99. The maximum Gasteiger partial charge on any atom is 0.256 e. The summed E-state index contributed by atoms with van der Waals surface area (Å²) in [6.07, 6.45) is 1.28. The number of nitrogens with zero attached hydrogens (tertiary/aromatic N) is 1. The van der Waals surface area contributed by atoms with Gasteiger partial charge in [0.15, 0.2) is 0 Å². The molecule has 4 rings (SSSR count). The van der Waals surface area contributed by atoms with E-state index in [1.54, 1.807) is 12.1 Å². The number of hydrogen-bond acceptors (Lipinski definition) is 4. The smallest absolute Gasteiger partial charge is 0.256 e. The molecule has 2 saturated heterocycles. The first-order chi connectivity index (χ1) is 12.1. The largest absolute Gasteiger partial charge is 0.381 e. The molecule has 3 heterocycles. The fourth-order valence-electron chi connectivity index (χ4n) is 3.82. The standard InChI is InChI=1S/C18H21N3O4/c22-15-9-14(17(23)19-10-11-5-7-25-8-6-11)21-16(20-15)12-3-1-2-4-13(12)18(21)24/h1-4,11,14,16H,5-10H2,(H,19,23)(H,20,22). The number of amides is 3. The first kappa shape index (κ1) is 16.1. The molecule has 3 amide bonds. The highest BCUT2D eigenvalue weighted by molar-refractivity contribution is 6.04. The predicted molar refractivity (Wildman–Crippen MR) is 88.5 cm³/mol. The van der Waals surface area contributed by atoms with Crippen molar-refractivity contribution in [3.63, 3.8) is 0 Å². The zero-order chi connectivity index (χ0) is 17.4. The lowest BCUT2D eigenvalue weighted by molar-refractivity contribution is -0.137. The Balaban J connectivity index is 1.50. The summed E-state index contributed by atoms with van der Waals surface area (Å²) in [5.41, 5.74) is 1.31. The molecule has 0 saturated carbocycles. The van der Waals surface area contributed by atoms with Crippen molar-refractivity contribution in [2.75, 3.05) is 19.8 Å². The fraction of sp³-hybridized carbons (Fsp3) is 0.500. The van der Waals surface area contributed by atoms with Gasteiger partial charge in [-0.15, -0.1) is 0 Å². The minimum Gasteiger partial charge on any atom is -0.381 e. The molecule has 25 heavy (non-hydrogen) atoms. The number of carbonyl (C=O) groups is 3. The van der Waals surface area contributed by atoms with Crippen LogP contribution in [0.25, 0.3) is 0 Å². The monoisotopic (exact) mass is 343 g/mol. The van der Waals surface area contributed by atoms with Gasteiger partial charge in [-0.3, -0.25) is 14.4 Å². The van der Waals surface area contributed by atoms with Crippen LogP contribution in [0.4, 0.5) is 0 Å². The highest BCUT2D eigenvalue weighted by Crippen LogP contribution is 2.36. The van der Waals surface area contributed by atoms with E-state index < -0.39 is 12.2 Å². The molecule has 0 radical (unpaired) electrons. The quantitative estimate of drug-likeness (QED) is 0.840. The third-order valence-electron chi connectivity index (χ3n) is 5.22. The molecule has 7 nitrogen and oxygen atoms in total. The Kier molecular flexibility index (Phi) is 4.17. The highest BCUT2D eigenvalue weighted by atomic mass is 16.5. The first-order valence-corrected chi connectivity index (χ1v) is 8.71. The third-order valence-corrected chi connectivity index (χ3v) is 5.22. The van der Waals surface area contributed by atoms with E-state index in [2.05, 4.69) is 10.6 Å². The SMILES string of the molecule is O=C1CC(C(=O)NCC2CCOCC2)N2C(=O)c3ccccc3C2N1. The van der Waals surface area contributed by atoms with Gasteiger partial charge in [0.1, 0.15) is 12.2 Å². The molecule has 1 aromatic carbocycles. The van der Waals surface area contributed by atoms with Crippen LogP contribution in [-0.4, -0.2) is 48.4 Å². The summed E-state index contributed by atoms with van der Waals surface area (Å²) in [4.78, 5) is 39.0. The van der Waals surface area contributed by atoms with Gasteiger partial charge in [-0.2, -0.15) is 0 Å². The van der Waals surface area contributed by atoms with E-state index in [1.807, 2.05) is 12.1 Å². The van der Waals surface area contributed by atoms with Gasteiger partial charge in [0, 0.05) is 30.9 Å². The van der Waals surface area contributed by atoms with Gasteiger partial charge in [-0.25, -0.2) is 0 Å². The topological polar surface area (TPSA) is 87.7 Å². The number of rotatable bonds is 3. The number of benzene rings is 1. The van der Waals surface area contributed by atoms with E-state index in [-0.39, 0.29) is 24.1 Å². The third kappa shape index (κ3) is 2.89. The Labute approximate surface area is 145 Å². The van der Waals surface area contributed by atoms with Crippen molar-refractivity contribution in [2.45, 2.75) is 31.5 Å². The van der Waals surface area contributed by atoms with Gasteiger partial charge in [0.2, 0.25) is 11.8 Å². The van der Waals surface area contributed by atoms with E-state index in [1.165, 1.54) is 4.90 Å². The zero-order valence-corrected chi connectivity index (χ0v) is 13.9. The second-order valence-electron chi connectivity index (χ2n) is 6.79. The van der Waals surface area contributed by atoms with Gasteiger partial charge in [0.25, 0.3) is 5.91 Å². The Hall–Kier alpha value is -2.41. The summed E-state index contributed by atoms with van der Waals surface area (Å²) < 4.78 is 5.33. The summed E-state index contributed by atoms with van der Waals surface area (Å²) >= 11 is 0. The molecule has 2 fully saturated rings. The fourth-order valence-corrected chi connectivity index (χ4v) is 3.82. The van der Waals surface area contributed by atoms with Gasteiger partial charge in [0.05, 0.1) is 6.42 Å². The van der Waals surface area contributed by atoms with E-state index in [9.17, 15) is 14.4 Å². The number of carbonyl (C=O) groups excluding carboxylic acids is 3. The van der Waals surface area contributed by atoms with Crippen molar-refractivity contribution in [1.29, 1.82) is 0 Å². The molecule has 2 N–H and O–H groups in total. The van der Waals surface area contributed by atoms with Crippen LogP contribution >= 0.6 is 0 Å². The predicted octanol–water partition coefficient (Wildman–Crippen LogP) is 0.572. The van der Waals surface area contributed by atoms with Crippen LogP contribution < -0.4 is 10.6 Å². The Morgan fingerprint density at radius 2 is 2.00 bits per heavy atom. The van der Waals surface area contributed by atoms with Crippen molar-refractivity contribution in [2.24, 2.45) is 5.92 Å². The molecule has 2 atom stereocenters. The van der Waals surface area contributed by atoms with E-state index >= 15 is 0 Å². The molecular formula is C18H21N3O4. The van der Waals surface area contributed by atoms with Gasteiger partial charge < -0.3 is 20.3 Å². The minimum absolute atomic E-state index is 0.00413. The second kappa shape index (κ2) is 6.48. The van der Waals surface area contributed by atoms with E-state index in [0.29, 0.717) is 31.2 Å². The summed E-state index contributed by atoms with van der Waals surface area (Å²) in [5.74, 6) is -0.284. The zero-order valence-electron chi connectivity index (χ0n) is 13.9. The Bertz CT molecular complexity index is 714. The minimum atomic E-state index is -0.765. The number of nitrogens with one attached hydrogen (secondary N) is 2. The van der Waals surface area contributed by atoms with Crippen LogP contribution in [0.15, 0.2) is 24.3 Å². The van der Waals surface area contributed by atoms with Gasteiger partial charge >= 0.3 is 0 Å². The van der Waals surface area contributed by atoms with E-state index in [0.717, 1.165) is 18.4 Å². The van der Waals surface area contributed by atoms with Gasteiger partial charge in [-0.1, -0.05) is 18.2 Å². The number of ether oxygens (including phenoxy) is 1. The van der Waals surface area contributed by atoms with Crippen LogP contribution in [0.2, 0.25) is 0 Å². The van der Waals surface area contributed by atoms with Crippen molar-refractivity contribution in [1.82, 2.24) is 15.5 Å². The Morgan fingerprint density at radius 3 is 2.80 bits per heavy atom. The van der Waals surface area contributed by atoms with Crippen LogP contribution in [0.1, 0.15) is 41.3 Å². The van der Waals surface area contributed by atoms with Crippen molar-refractivity contribution in [3.05, 3.63) is 35.4 Å². The number of fused-ring (bicyclic) bond motifs is 3. The van der Waals surface area contributed by atoms with Gasteiger partial charge in [-0.05, 0) is 24.8 Å². The van der Waals surface area contributed by atoms with Crippen LogP contribution in [0, 0.1) is 5.92 Å². The molecule has 3 aliphatic heterocycles. The maximum absolute atomic E-state index is 12.7. The van der Waals surface area contributed by atoms with Crippen LogP contribution in [0.5, 0.6) is 0 Å². The molecule has 132 valence electrons. The van der Waals surface area contributed by atoms with Crippen molar-refractivity contribution in [3.8, 4) is 0 Å². The van der Waals surface area contributed by atoms with Crippen molar-refractivity contribution >= 4 is 17.7 Å². The number of hydrogen-bond donors (Lipinski definition) is 2. The summed E-state index contributed by atoms with van der Waals surface area (Å²) in [5, 5.41) is 5.76. The average molecular weight is 343 g/mol. The lowest BCUT2D eigenvalue weighted by Crippen LogP contribution is -2.58. The molecule has 0 bridgehead atoms. The van der Waals surface area contributed by atoms with E-state index in [4.69, 9.17) is 4.74 Å². The maximum atomic E-state index is 12.7. The molecule has 2 unspecified atom stereocenters. The molecule has 3 aliphatic rings. The summed E-state index contributed by atoms with van der Waals surface area (Å²) in [6, 6.07) is 6.41. The summed E-state index contributed by atoms with van der Waals surface area (Å²) in [7, 11) is 0. The first-order valence-electron chi connectivity index (χ1n) is 8.71. The lowest BCUT2D eigenvalue weighted by atomic mass is 10.00.